The molecule has 132 valence electrons. The average molecular weight is 356 g/mol. The van der Waals surface area contributed by atoms with E-state index in [0.717, 1.165) is 36.3 Å². The molecule has 0 saturated carbocycles. The first-order valence-corrected chi connectivity index (χ1v) is 8.92. The molecule has 0 aliphatic carbocycles. The number of nitrogens with zero attached hydrogens (tertiary/aromatic N) is 2. The zero-order chi connectivity index (χ0) is 17.9. The monoisotopic (exact) mass is 355 g/mol. The molecule has 1 N–H and O–H groups in total. The minimum absolute atomic E-state index is 0.548. The molecule has 0 unspecified atom stereocenters. The second-order valence-electron chi connectivity index (χ2n) is 5.70. The van der Waals surface area contributed by atoms with Crippen LogP contribution in [0.3, 0.4) is 0 Å². The average Bonchev–Trinajstić information content (AvgIpc) is 2.65. The third-order valence-corrected chi connectivity index (χ3v) is 4.00. The SMILES string of the molecule is CCCCNC(=S)N(C)N=Cc1cccc(OCc2ccccc2)c1. The Bertz CT molecular complexity index is 688. The van der Waals surface area contributed by atoms with Gasteiger partial charge in [0.15, 0.2) is 5.11 Å². The molecule has 0 atom stereocenters. The molecule has 5 heteroatoms. The van der Waals surface area contributed by atoms with Crippen LogP contribution in [0, 0.1) is 0 Å². The molecule has 2 aromatic carbocycles. The molecule has 0 amide bonds. The Morgan fingerprint density at radius 3 is 2.76 bits per heavy atom. The Morgan fingerprint density at radius 1 is 1.20 bits per heavy atom. The molecule has 0 heterocycles. The fraction of sp³-hybridized carbons (Fsp3) is 0.300. The van der Waals surface area contributed by atoms with Crippen molar-refractivity contribution in [3.63, 3.8) is 0 Å². The van der Waals surface area contributed by atoms with E-state index in [1.165, 1.54) is 0 Å². The predicted molar refractivity (Wildman–Crippen MR) is 108 cm³/mol. The van der Waals surface area contributed by atoms with Crippen LogP contribution in [0.4, 0.5) is 0 Å². The van der Waals surface area contributed by atoms with Gasteiger partial charge in [0.1, 0.15) is 12.4 Å². The van der Waals surface area contributed by atoms with Crippen LogP contribution in [0.5, 0.6) is 5.75 Å². The molecule has 2 rings (SSSR count). The van der Waals surface area contributed by atoms with Gasteiger partial charge >= 0.3 is 0 Å². The number of hydrazone groups is 1. The van der Waals surface area contributed by atoms with E-state index in [1.54, 1.807) is 11.2 Å². The molecule has 0 aliphatic rings. The minimum Gasteiger partial charge on any atom is -0.489 e. The first kappa shape index (κ1) is 18.9. The van der Waals surface area contributed by atoms with E-state index in [4.69, 9.17) is 17.0 Å². The van der Waals surface area contributed by atoms with Gasteiger partial charge in [-0.15, -0.1) is 0 Å². The summed E-state index contributed by atoms with van der Waals surface area (Å²) in [5, 5.41) is 9.87. The summed E-state index contributed by atoms with van der Waals surface area (Å²) in [5.41, 5.74) is 2.11. The second-order valence-corrected chi connectivity index (χ2v) is 6.09. The zero-order valence-electron chi connectivity index (χ0n) is 14.8. The second kappa shape index (κ2) is 10.5. The van der Waals surface area contributed by atoms with Crippen LogP contribution < -0.4 is 10.1 Å². The normalized spacial score (nSPS) is 10.6. The van der Waals surface area contributed by atoms with Crippen molar-refractivity contribution in [3.8, 4) is 5.75 Å². The highest BCUT2D eigenvalue weighted by Crippen LogP contribution is 2.14. The Kier molecular flexibility index (Phi) is 7.92. The van der Waals surface area contributed by atoms with E-state index >= 15 is 0 Å². The molecular formula is C20H25N3OS. The maximum atomic E-state index is 5.84. The summed E-state index contributed by atoms with van der Waals surface area (Å²) in [5.74, 6) is 0.819. The van der Waals surface area contributed by atoms with Gasteiger partial charge in [0.25, 0.3) is 0 Å². The molecule has 0 radical (unpaired) electrons. The van der Waals surface area contributed by atoms with E-state index < -0.39 is 0 Å². The highest BCUT2D eigenvalue weighted by atomic mass is 32.1. The highest BCUT2D eigenvalue weighted by molar-refractivity contribution is 7.80. The van der Waals surface area contributed by atoms with Crippen molar-refractivity contribution >= 4 is 23.5 Å². The van der Waals surface area contributed by atoms with Crippen molar-refractivity contribution in [1.29, 1.82) is 0 Å². The largest absolute Gasteiger partial charge is 0.489 e. The lowest BCUT2D eigenvalue weighted by atomic mass is 10.2. The lowest BCUT2D eigenvalue weighted by Crippen LogP contribution is -2.34. The van der Waals surface area contributed by atoms with Gasteiger partial charge in [0.05, 0.1) is 6.21 Å². The number of ether oxygens (including phenoxy) is 1. The van der Waals surface area contributed by atoms with Gasteiger partial charge in [-0.3, -0.25) is 0 Å². The summed E-state index contributed by atoms with van der Waals surface area (Å²) in [7, 11) is 1.84. The zero-order valence-corrected chi connectivity index (χ0v) is 15.6. The van der Waals surface area contributed by atoms with Crippen molar-refractivity contribution in [2.45, 2.75) is 26.4 Å². The molecule has 25 heavy (non-hydrogen) atoms. The third kappa shape index (κ3) is 6.93. The summed E-state index contributed by atoms with van der Waals surface area (Å²) >= 11 is 5.30. The Balaban J connectivity index is 1.88. The molecule has 4 nitrogen and oxygen atoms in total. The maximum Gasteiger partial charge on any atom is 0.189 e. The van der Waals surface area contributed by atoms with Crippen molar-refractivity contribution in [2.75, 3.05) is 13.6 Å². The molecule has 0 bridgehead atoms. The number of benzene rings is 2. The summed E-state index contributed by atoms with van der Waals surface area (Å²) < 4.78 is 5.84. The first-order valence-electron chi connectivity index (χ1n) is 8.51. The summed E-state index contributed by atoms with van der Waals surface area (Å²) in [6.07, 6.45) is 4.01. The fourth-order valence-corrected chi connectivity index (χ4v) is 2.27. The van der Waals surface area contributed by atoms with E-state index in [0.29, 0.717) is 11.7 Å². The number of thiocarbonyl (C=S) groups is 1. The number of unbranched alkanes of at least 4 members (excludes halogenated alkanes) is 1. The van der Waals surface area contributed by atoms with Crippen LogP contribution in [0.15, 0.2) is 59.7 Å². The predicted octanol–water partition coefficient (Wildman–Crippen LogP) is 4.21. The topological polar surface area (TPSA) is 36.9 Å². The third-order valence-electron chi connectivity index (χ3n) is 3.59. The van der Waals surface area contributed by atoms with Crippen LogP contribution in [-0.2, 0) is 6.61 Å². The molecule has 0 spiro atoms. The van der Waals surface area contributed by atoms with Crippen LogP contribution in [0.2, 0.25) is 0 Å². The van der Waals surface area contributed by atoms with E-state index in [2.05, 4.69) is 17.3 Å². The fourth-order valence-electron chi connectivity index (χ4n) is 2.12. The first-order chi connectivity index (χ1) is 12.2. The molecule has 0 aliphatic heterocycles. The van der Waals surface area contributed by atoms with Gasteiger partial charge in [-0.2, -0.15) is 5.10 Å². The lowest BCUT2D eigenvalue weighted by Gasteiger charge is -2.15. The Hall–Kier alpha value is -2.40. The van der Waals surface area contributed by atoms with Gasteiger partial charge in [0.2, 0.25) is 0 Å². The minimum atomic E-state index is 0.548. The molecule has 0 saturated heterocycles. The van der Waals surface area contributed by atoms with Gasteiger partial charge in [-0.1, -0.05) is 55.8 Å². The van der Waals surface area contributed by atoms with Gasteiger partial charge < -0.3 is 10.1 Å². The van der Waals surface area contributed by atoms with Crippen molar-refractivity contribution in [1.82, 2.24) is 10.3 Å². The summed E-state index contributed by atoms with van der Waals surface area (Å²) in [4.78, 5) is 0. The molecule has 2 aromatic rings. The van der Waals surface area contributed by atoms with Crippen LogP contribution in [0.1, 0.15) is 30.9 Å². The van der Waals surface area contributed by atoms with Crippen LogP contribution >= 0.6 is 12.2 Å². The quantitative estimate of drug-likeness (QED) is 0.333. The van der Waals surface area contributed by atoms with Crippen LogP contribution in [0.25, 0.3) is 0 Å². The molecular weight excluding hydrogens is 330 g/mol. The standard InChI is InChI=1S/C20H25N3OS/c1-3-4-13-21-20(25)23(2)22-15-18-11-8-12-19(14-18)24-16-17-9-6-5-7-10-17/h5-12,14-15H,3-4,13,16H2,1-2H3,(H,21,25). The maximum absolute atomic E-state index is 5.84. The van der Waals surface area contributed by atoms with Crippen molar-refractivity contribution in [3.05, 3.63) is 65.7 Å². The summed E-state index contributed by atoms with van der Waals surface area (Å²) in [6.45, 7) is 3.57. The van der Waals surface area contributed by atoms with Crippen LogP contribution in [-0.4, -0.2) is 29.9 Å². The van der Waals surface area contributed by atoms with E-state index in [1.807, 2.05) is 61.6 Å². The molecule has 0 fully saturated rings. The van der Waals surface area contributed by atoms with Crippen molar-refractivity contribution < 1.29 is 4.74 Å². The Labute approximate surface area is 155 Å². The van der Waals surface area contributed by atoms with Gasteiger partial charge in [-0.05, 0) is 41.9 Å². The van der Waals surface area contributed by atoms with E-state index in [-0.39, 0.29) is 0 Å². The Morgan fingerprint density at radius 2 is 2.00 bits per heavy atom. The van der Waals surface area contributed by atoms with Gasteiger partial charge in [0, 0.05) is 13.6 Å². The number of hydrogen-bond acceptors (Lipinski definition) is 3. The highest BCUT2D eigenvalue weighted by Gasteiger charge is 2.01. The number of hydrogen-bond donors (Lipinski definition) is 1. The summed E-state index contributed by atoms with van der Waals surface area (Å²) in [6, 6.07) is 18.0. The smallest absolute Gasteiger partial charge is 0.189 e. The van der Waals surface area contributed by atoms with E-state index in [9.17, 15) is 0 Å². The number of rotatable bonds is 8. The number of nitrogens with one attached hydrogen (secondary N) is 1. The molecule has 0 aromatic heterocycles. The van der Waals surface area contributed by atoms with Crippen molar-refractivity contribution in [2.24, 2.45) is 5.10 Å². The van der Waals surface area contributed by atoms with Gasteiger partial charge in [-0.25, -0.2) is 5.01 Å². The lowest BCUT2D eigenvalue weighted by molar-refractivity contribution is 0.306.